The minimum Gasteiger partial charge on any atom is -0.211 e. The summed E-state index contributed by atoms with van der Waals surface area (Å²) in [6, 6.07) is 3.26. The van der Waals surface area contributed by atoms with Gasteiger partial charge in [0.1, 0.15) is 10.7 Å². The van der Waals surface area contributed by atoms with Gasteiger partial charge in [0.2, 0.25) is 10.0 Å². The molecule has 0 radical (unpaired) electrons. The van der Waals surface area contributed by atoms with Gasteiger partial charge in [0.15, 0.2) is 0 Å². The van der Waals surface area contributed by atoms with Gasteiger partial charge in [-0.15, -0.1) is 11.6 Å². The van der Waals surface area contributed by atoms with Crippen molar-refractivity contribution in [2.24, 2.45) is 0 Å². The number of rotatable bonds is 8. The van der Waals surface area contributed by atoms with Crippen molar-refractivity contribution in [3.05, 3.63) is 29.0 Å². The average molecular weight is 328 g/mol. The summed E-state index contributed by atoms with van der Waals surface area (Å²) in [6.45, 7) is 0.303. The second-order valence-electron chi connectivity index (χ2n) is 4.08. The van der Waals surface area contributed by atoms with Crippen LogP contribution in [0.1, 0.15) is 25.7 Å². The maximum absolute atomic E-state index is 13.0. The molecule has 108 valence electrons. The fourth-order valence-corrected chi connectivity index (χ4v) is 3.31. The van der Waals surface area contributed by atoms with Crippen molar-refractivity contribution in [3.8, 4) is 0 Å². The topological polar surface area (TPSA) is 46.2 Å². The summed E-state index contributed by atoms with van der Waals surface area (Å²) < 4.78 is 39.3. The summed E-state index contributed by atoms with van der Waals surface area (Å²) >= 11 is 11.3. The Bertz CT molecular complexity index is 508. The molecule has 0 spiro atoms. The van der Waals surface area contributed by atoms with Crippen LogP contribution < -0.4 is 4.72 Å². The van der Waals surface area contributed by atoms with Crippen molar-refractivity contribution in [1.82, 2.24) is 4.72 Å². The molecule has 0 aliphatic heterocycles. The van der Waals surface area contributed by atoms with Crippen molar-refractivity contribution >= 4 is 33.2 Å². The van der Waals surface area contributed by atoms with Gasteiger partial charge >= 0.3 is 0 Å². The highest BCUT2D eigenvalue weighted by Gasteiger charge is 2.17. The van der Waals surface area contributed by atoms with Crippen LogP contribution in [0.5, 0.6) is 0 Å². The molecule has 1 aromatic carbocycles. The summed E-state index contributed by atoms with van der Waals surface area (Å²) in [7, 11) is -3.75. The predicted molar refractivity (Wildman–Crippen MR) is 75.8 cm³/mol. The molecule has 19 heavy (non-hydrogen) atoms. The molecule has 0 aliphatic rings. The van der Waals surface area contributed by atoms with Crippen LogP contribution in [0, 0.1) is 5.82 Å². The van der Waals surface area contributed by atoms with Crippen LogP contribution in [-0.4, -0.2) is 20.8 Å². The highest BCUT2D eigenvalue weighted by Crippen LogP contribution is 2.21. The Morgan fingerprint density at radius 2 is 1.84 bits per heavy atom. The lowest BCUT2D eigenvalue weighted by molar-refractivity contribution is 0.570. The summed E-state index contributed by atoms with van der Waals surface area (Å²) in [4.78, 5) is -0.227. The molecule has 0 saturated heterocycles. The Balaban J connectivity index is 2.54. The van der Waals surface area contributed by atoms with Crippen molar-refractivity contribution < 1.29 is 12.8 Å². The zero-order valence-electron chi connectivity index (χ0n) is 10.3. The van der Waals surface area contributed by atoms with Gasteiger partial charge in [-0.05, 0) is 31.0 Å². The van der Waals surface area contributed by atoms with Crippen molar-refractivity contribution in [2.75, 3.05) is 12.4 Å². The fraction of sp³-hybridized carbons (Fsp3) is 0.500. The number of unbranched alkanes of at least 4 members (excludes halogenated alkanes) is 3. The minimum absolute atomic E-state index is 0.0102. The molecular formula is C12H16Cl2FNO2S. The lowest BCUT2D eigenvalue weighted by Crippen LogP contribution is -2.25. The van der Waals surface area contributed by atoms with E-state index in [9.17, 15) is 12.8 Å². The second-order valence-corrected chi connectivity index (χ2v) is 6.60. The highest BCUT2D eigenvalue weighted by molar-refractivity contribution is 7.89. The van der Waals surface area contributed by atoms with Crippen LogP contribution >= 0.6 is 23.2 Å². The highest BCUT2D eigenvalue weighted by atomic mass is 35.5. The largest absolute Gasteiger partial charge is 0.242 e. The van der Waals surface area contributed by atoms with Gasteiger partial charge in [-0.3, -0.25) is 0 Å². The van der Waals surface area contributed by atoms with Crippen LogP contribution in [0.3, 0.4) is 0 Å². The SMILES string of the molecule is O=S(=O)(NCCCCCCCl)c1cc(F)ccc1Cl. The van der Waals surface area contributed by atoms with Crippen molar-refractivity contribution in [3.63, 3.8) is 0 Å². The summed E-state index contributed by atoms with van der Waals surface area (Å²) in [5.41, 5.74) is 0. The van der Waals surface area contributed by atoms with Gasteiger partial charge in [0.05, 0.1) is 5.02 Å². The van der Waals surface area contributed by atoms with E-state index in [0.29, 0.717) is 18.8 Å². The Morgan fingerprint density at radius 3 is 2.53 bits per heavy atom. The zero-order chi connectivity index (χ0) is 14.3. The summed E-state index contributed by atoms with van der Waals surface area (Å²) in [6.07, 6.45) is 3.49. The number of hydrogen-bond donors (Lipinski definition) is 1. The van der Waals surface area contributed by atoms with E-state index in [1.807, 2.05) is 0 Å². The van der Waals surface area contributed by atoms with Gasteiger partial charge in [0, 0.05) is 12.4 Å². The Hall–Kier alpha value is -0.360. The third kappa shape index (κ3) is 5.65. The number of alkyl halides is 1. The average Bonchev–Trinajstić information content (AvgIpc) is 2.36. The van der Waals surface area contributed by atoms with Crippen LogP contribution in [0.4, 0.5) is 4.39 Å². The monoisotopic (exact) mass is 327 g/mol. The first-order valence-corrected chi connectivity index (χ1v) is 8.37. The summed E-state index contributed by atoms with van der Waals surface area (Å²) in [5.74, 6) is -0.0168. The molecule has 0 aliphatic carbocycles. The smallest absolute Gasteiger partial charge is 0.211 e. The molecule has 1 aromatic rings. The molecule has 0 aromatic heterocycles. The molecule has 0 heterocycles. The van der Waals surface area contributed by atoms with Crippen molar-refractivity contribution in [2.45, 2.75) is 30.6 Å². The molecule has 3 nitrogen and oxygen atoms in total. The van der Waals surface area contributed by atoms with E-state index < -0.39 is 15.8 Å². The maximum atomic E-state index is 13.0. The number of sulfonamides is 1. The first kappa shape index (κ1) is 16.7. The van der Waals surface area contributed by atoms with Crippen LogP contribution in [0.15, 0.2) is 23.1 Å². The number of halogens is 3. The molecule has 0 amide bonds. The van der Waals surface area contributed by atoms with E-state index in [0.717, 1.165) is 31.4 Å². The normalized spacial score (nSPS) is 11.7. The fourth-order valence-electron chi connectivity index (χ4n) is 1.54. The first-order valence-electron chi connectivity index (χ1n) is 5.98. The first-order chi connectivity index (χ1) is 8.97. The van der Waals surface area contributed by atoms with Crippen LogP contribution in [0.2, 0.25) is 5.02 Å². The van der Waals surface area contributed by atoms with Gasteiger partial charge < -0.3 is 0 Å². The number of nitrogens with one attached hydrogen (secondary N) is 1. The van der Waals surface area contributed by atoms with E-state index in [-0.39, 0.29) is 9.92 Å². The van der Waals surface area contributed by atoms with Gasteiger partial charge in [0.25, 0.3) is 0 Å². The summed E-state index contributed by atoms with van der Waals surface area (Å²) in [5, 5.41) is 0.0102. The van der Waals surface area contributed by atoms with Gasteiger partial charge in [-0.1, -0.05) is 24.4 Å². The van der Waals surface area contributed by atoms with Gasteiger partial charge in [-0.2, -0.15) is 0 Å². The minimum atomic E-state index is -3.75. The van der Waals surface area contributed by atoms with E-state index in [4.69, 9.17) is 23.2 Å². The second kappa shape index (κ2) is 8.04. The zero-order valence-corrected chi connectivity index (χ0v) is 12.7. The molecular weight excluding hydrogens is 312 g/mol. The Morgan fingerprint density at radius 1 is 1.16 bits per heavy atom. The third-order valence-electron chi connectivity index (χ3n) is 2.54. The van der Waals surface area contributed by atoms with Crippen LogP contribution in [-0.2, 0) is 10.0 Å². The van der Waals surface area contributed by atoms with Crippen molar-refractivity contribution in [1.29, 1.82) is 0 Å². The molecule has 7 heteroatoms. The number of hydrogen-bond acceptors (Lipinski definition) is 2. The molecule has 1 rings (SSSR count). The van der Waals surface area contributed by atoms with E-state index in [2.05, 4.69) is 4.72 Å². The quantitative estimate of drug-likeness (QED) is 0.586. The standard InChI is InChI=1S/C12H16Cl2FNO2S/c13-7-3-1-2-4-8-16-19(17,18)12-9-10(15)5-6-11(12)14/h5-6,9,16H,1-4,7-8H2. The Labute approximate surface area is 123 Å². The predicted octanol–water partition coefficient (Wildman–Crippen LogP) is 3.56. The van der Waals surface area contributed by atoms with E-state index >= 15 is 0 Å². The third-order valence-corrected chi connectivity index (χ3v) is 4.75. The molecule has 0 saturated carbocycles. The number of benzene rings is 1. The lowest BCUT2D eigenvalue weighted by atomic mass is 10.2. The molecule has 0 bridgehead atoms. The van der Waals surface area contributed by atoms with Gasteiger partial charge in [-0.25, -0.2) is 17.5 Å². The van der Waals surface area contributed by atoms with Crippen LogP contribution in [0.25, 0.3) is 0 Å². The molecule has 0 fully saturated rings. The molecule has 0 atom stereocenters. The Kier molecular flexibility index (Phi) is 7.07. The molecule has 0 unspecified atom stereocenters. The molecule has 1 N–H and O–H groups in total. The van der Waals surface area contributed by atoms with E-state index in [1.54, 1.807) is 0 Å². The maximum Gasteiger partial charge on any atom is 0.242 e. The lowest BCUT2D eigenvalue weighted by Gasteiger charge is -2.08. The van der Waals surface area contributed by atoms with E-state index in [1.165, 1.54) is 6.07 Å².